The Balaban J connectivity index is 1.97. The Morgan fingerprint density at radius 1 is 1.56 bits per heavy atom. The molecule has 0 fully saturated rings. The van der Waals surface area contributed by atoms with Crippen molar-refractivity contribution in [1.82, 2.24) is 15.1 Å². The maximum Gasteiger partial charge on any atom is 0.225 e. The van der Waals surface area contributed by atoms with E-state index < -0.39 is 0 Å². The molecule has 2 rings (SSSR count). The molecule has 88 valence electrons. The average Bonchev–Trinajstić information content (AvgIpc) is 2.63. The summed E-state index contributed by atoms with van der Waals surface area (Å²) in [5.74, 6) is 0.130. The molecule has 1 aromatic heterocycles. The number of aromatic nitrogens is 2. The predicted octanol–water partition coefficient (Wildman–Crippen LogP) is 1.36. The van der Waals surface area contributed by atoms with Crippen LogP contribution in [0.3, 0.4) is 0 Å². The molecule has 1 N–H and O–H groups in total. The Morgan fingerprint density at radius 3 is 3.00 bits per heavy atom. The van der Waals surface area contributed by atoms with E-state index in [1.807, 2.05) is 37.7 Å². The molecule has 0 radical (unpaired) electrons. The summed E-state index contributed by atoms with van der Waals surface area (Å²) in [7, 11) is 0. The number of rotatable bonds is 1. The van der Waals surface area contributed by atoms with Crippen LogP contribution in [0.25, 0.3) is 0 Å². The fourth-order valence-electron chi connectivity index (χ4n) is 1.89. The Bertz CT molecular complexity index is 389. The highest BCUT2D eigenvalue weighted by atomic mass is 16.2. The van der Waals surface area contributed by atoms with E-state index in [0.717, 1.165) is 19.4 Å². The van der Waals surface area contributed by atoms with Gasteiger partial charge in [0, 0.05) is 36.3 Å². The molecular weight excluding hydrogens is 202 g/mol. The number of nitrogens with zero attached hydrogens (tertiary/aromatic N) is 2. The normalized spacial score (nSPS) is 20.3. The zero-order valence-electron chi connectivity index (χ0n) is 10.2. The molecule has 1 amide bonds. The second-order valence-electron chi connectivity index (χ2n) is 5.46. The number of aryl methyl sites for hydroxylation is 1. The van der Waals surface area contributed by atoms with Crippen LogP contribution >= 0.6 is 0 Å². The lowest BCUT2D eigenvalue weighted by molar-refractivity contribution is -0.129. The van der Waals surface area contributed by atoms with Crippen LogP contribution in [-0.4, -0.2) is 21.7 Å². The summed E-state index contributed by atoms with van der Waals surface area (Å²) >= 11 is 0. The van der Waals surface area contributed by atoms with E-state index in [-0.39, 0.29) is 17.4 Å². The smallest absolute Gasteiger partial charge is 0.225 e. The van der Waals surface area contributed by atoms with Crippen molar-refractivity contribution < 1.29 is 4.79 Å². The van der Waals surface area contributed by atoms with Crippen LogP contribution in [-0.2, 0) is 17.8 Å². The average molecular weight is 221 g/mol. The molecule has 16 heavy (non-hydrogen) atoms. The first-order valence-electron chi connectivity index (χ1n) is 5.78. The third kappa shape index (κ3) is 2.26. The molecule has 2 heterocycles. The van der Waals surface area contributed by atoms with E-state index in [2.05, 4.69) is 10.4 Å². The van der Waals surface area contributed by atoms with Gasteiger partial charge >= 0.3 is 0 Å². The van der Waals surface area contributed by atoms with Crippen molar-refractivity contribution in [3.63, 3.8) is 0 Å². The van der Waals surface area contributed by atoms with Crippen molar-refractivity contribution in [2.75, 3.05) is 0 Å². The molecule has 0 aliphatic carbocycles. The molecule has 4 heteroatoms. The van der Waals surface area contributed by atoms with Gasteiger partial charge in [-0.25, -0.2) is 0 Å². The molecule has 0 saturated carbocycles. The summed E-state index contributed by atoms with van der Waals surface area (Å²) in [5.41, 5.74) is 0.906. The first-order valence-corrected chi connectivity index (χ1v) is 5.78. The predicted molar refractivity (Wildman–Crippen MR) is 61.9 cm³/mol. The van der Waals surface area contributed by atoms with Crippen molar-refractivity contribution in [2.24, 2.45) is 5.41 Å². The minimum absolute atomic E-state index is 0.130. The number of carbonyl (C=O) groups excluding carboxylic acids is 1. The summed E-state index contributed by atoms with van der Waals surface area (Å²) < 4.78 is 2.01. The van der Waals surface area contributed by atoms with E-state index in [4.69, 9.17) is 0 Å². The highest BCUT2D eigenvalue weighted by Gasteiger charge is 2.26. The minimum Gasteiger partial charge on any atom is -0.352 e. The molecule has 1 aromatic rings. The zero-order valence-corrected chi connectivity index (χ0v) is 10.2. The largest absolute Gasteiger partial charge is 0.352 e. The van der Waals surface area contributed by atoms with E-state index in [1.54, 1.807) is 0 Å². The summed E-state index contributed by atoms with van der Waals surface area (Å²) in [6.45, 7) is 6.72. The van der Waals surface area contributed by atoms with Gasteiger partial charge in [0.15, 0.2) is 0 Å². The van der Waals surface area contributed by atoms with Crippen LogP contribution < -0.4 is 5.32 Å². The lowest BCUT2D eigenvalue weighted by Crippen LogP contribution is -2.45. The molecule has 0 aromatic carbocycles. The number of carbonyl (C=O) groups is 1. The van der Waals surface area contributed by atoms with Gasteiger partial charge in [-0.05, 0) is 12.5 Å². The molecule has 1 unspecified atom stereocenters. The highest BCUT2D eigenvalue weighted by molar-refractivity contribution is 5.81. The Labute approximate surface area is 96.0 Å². The molecule has 0 bridgehead atoms. The fraction of sp³-hybridized carbons (Fsp3) is 0.667. The third-order valence-corrected chi connectivity index (χ3v) is 2.97. The van der Waals surface area contributed by atoms with Gasteiger partial charge in [0.05, 0.1) is 0 Å². The fourth-order valence-corrected chi connectivity index (χ4v) is 1.89. The van der Waals surface area contributed by atoms with E-state index in [9.17, 15) is 4.79 Å². The van der Waals surface area contributed by atoms with Crippen LogP contribution in [0.4, 0.5) is 0 Å². The van der Waals surface area contributed by atoms with Gasteiger partial charge in [-0.1, -0.05) is 20.8 Å². The van der Waals surface area contributed by atoms with Gasteiger partial charge in [0.25, 0.3) is 0 Å². The van der Waals surface area contributed by atoms with Crippen molar-refractivity contribution in [3.05, 3.63) is 18.0 Å². The lowest BCUT2D eigenvalue weighted by atomic mass is 9.94. The monoisotopic (exact) mass is 221 g/mol. The molecule has 1 atom stereocenters. The summed E-state index contributed by atoms with van der Waals surface area (Å²) in [5, 5.41) is 7.33. The van der Waals surface area contributed by atoms with Crippen molar-refractivity contribution in [1.29, 1.82) is 0 Å². The topological polar surface area (TPSA) is 46.9 Å². The second-order valence-corrected chi connectivity index (χ2v) is 5.46. The lowest BCUT2D eigenvalue weighted by Gasteiger charge is -2.27. The molecule has 4 nitrogen and oxygen atoms in total. The van der Waals surface area contributed by atoms with Crippen molar-refractivity contribution in [2.45, 2.75) is 46.2 Å². The van der Waals surface area contributed by atoms with Crippen LogP contribution in [0.2, 0.25) is 0 Å². The van der Waals surface area contributed by atoms with Crippen LogP contribution in [0.5, 0.6) is 0 Å². The minimum atomic E-state index is -0.308. The Morgan fingerprint density at radius 2 is 2.31 bits per heavy atom. The number of fused-ring (bicyclic) bond motifs is 1. The SMILES string of the molecule is CC(C)(C)C(=O)NC1CCn2nccc2C1. The molecular formula is C12H19N3O. The van der Waals surface area contributed by atoms with E-state index in [0.29, 0.717) is 0 Å². The van der Waals surface area contributed by atoms with Gasteiger partial charge in [-0.15, -0.1) is 0 Å². The second kappa shape index (κ2) is 3.92. The van der Waals surface area contributed by atoms with Gasteiger partial charge in [0.1, 0.15) is 0 Å². The summed E-state index contributed by atoms with van der Waals surface area (Å²) in [6.07, 6.45) is 3.68. The molecule has 0 saturated heterocycles. The maximum atomic E-state index is 11.8. The highest BCUT2D eigenvalue weighted by Crippen LogP contribution is 2.17. The maximum absolute atomic E-state index is 11.8. The summed E-state index contributed by atoms with van der Waals surface area (Å²) in [6, 6.07) is 2.28. The van der Waals surface area contributed by atoms with Gasteiger partial charge in [-0.2, -0.15) is 5.10 Å². The molecule has 1 aliphatic rings. The van der Waals surface area contributed by atoms with Crippen LogP contribution in [0.15, 0.2) is 12.3 Å². The Hall–Kier alpha value is -1.32. The number of hydrogen-bond donors (Lipinski definition) is 1. The van der Waals surface area contributed by atoms with Crippen molar-refractivity contribution >= 4 is 5.91 Å². The summed E-state index contributed by atoms with van der Waals surface area (Å²) in [4.78, 5) is 11.8. The third-order valence-electron chi connectivity index (χ3n) is 2.97. The first kappa shape index (κ1) is 11.2. The number of amides is 1. The zero-order chi connectivity index (χ0) is 11.8. The van der Waals surface area contributed by atoms with Crippen LogP contribution in [0.1, 0.15) is 32.9 Å². The Kier molecular flexibility index (Phi) is 2.74. The van der Waals surface area contributed by atoms with E-state index >= 15 is 0 Å². The van der Waals surface area contributed by atoms with Crippen LogP contribution in [0, 0.1) is 5.41 Å². The van der Waals surface area contributed by atoms with Crippen molar-refractivity contribution in [3.8, 4) is 0 Å². The first-order chi connectivity index (χ1) is 7.47. The molecule has 0 spiro atoms. The number of nitrogens with one attached hydrogen (secondary N) is 1. The van der Waals surface area contributed by atoms with E-state index in [1.165, 1.54) is 5.69 Å². The van der Waals surface area contributed by atoms with Gasteiger partial charge < -0.3 is 5.32 Å². The quantitative estimate of drug-likeness (QED) is 0.778. The molecule has 1 aliphatic heterocycles. The number of hydrogen-bond acceptors (Lipinski definition) is 2. The van der Waals surface area contributed by atoms with Gasteiger partial charge in [-0.3, -0.25) is 9.48 Å². The standard InChI is InChI=1S/C12H19N3O/c1-12(2,3)11(16)14-9-5-7-15-10(8-9)4-6-13-15/h4,6,9H,5,7-8H2,1-3H3,(H,14,16). The van der Waals surface area contributed by atoms with Gasteiger partial charge in [0.2, 0.25) is 5.91 Å².